The summed E-state index contributed by atoms with van der Waals surface area (Å²) in [5.74, 6) is -1.02. The van der Waals surface area contributed by atoms with Gasteiger partial charge in [-0.05, 0) is 61.2 Å². The fraction of sp³-hybridized carbons (Fsp3) is 0.242. The third-order valence-corrected chi connectivity index (χ3v) is 7.89. The Morgan fingerprint density at radius 2 is 1.77 bits per heavy atom. The lowest BCUT2D eigenvalue weighted by Crippen LogP contribution is -2.52. The molecule has 0 spiro atoms. The zero-order valence-electron chi connectivity index (χ0n) is 23.6. The minimum atomic E-state index is -0.635. The van der Waals surface area contributed by atoms with E-state index in [2.05, 4.69) is 26.1 Å². The van der Waals surface area contributed by atoms with Crippen LogP contribution in [0, 0.1) is 0 Å². The first-order valence-corrected chi connectivity index (χ1v) is 14.5. The van der Waals surface area contributed by atoms with Crippen molar-refractivity contribution < 1.29 is 19.2 Å². The van der Waals surface area contributed by atoms with Gasteiger partial charge in [-0.2, -0.15) is 5.10 Å². The van der Waals surface area contributed by atoms with Crippen LogP contribution in [0.1, 0.15) is 63.2 Å². The van der Waals surface area contributed by atoms with Crippen molar-refractivity contribution in [1.29, 1.82) is 0 Å². The Hall–Kier alpha value is -5.25. The van der Waals surface area contributed by atoms with E-state index in [1.54, 1.807) is 11.0 Å². The molecule has 1 unspecified atom stereocenters. The number of rotatable bonds is 10. The third kappa shape index (κ3) is 6.04. The first kappa shape index (κ1) is 27.9. The molecule has 4 amide bonds. The second-order valence-corrected chi connectivity index (χ2v) is 10.7. The highest BCUT2D eigenvalue weighted by atomic mass is 16.2. The van der Waals surface area contributed by atoms with Gasteiger partial charge in [-0.15, -0.1) is 0 Å². The van der Waals surface area contributed by atoms with Gasteiger partial charge in [-0.3, -0.25) is 29.6 Å². The lowest BCUT2D eigenvalue weighted by atomic mass is 10.0. The predicted octanol–water partition coefficient (Wildman–Crippen LogP) is 4.12. The van der Waals surface area contributed by atoms with Gasteiger partial charge in [0.1, 0.15) is 6.04 Å². The van der Waals surface area contributed by atoms with Gasteiger partial charge in [0.2, 0.25) is 11.8 Å². The largest absolute Gasteiger partial charge is 0.385 e. The number of imide groups is 1. The minimum Gasteiger partial charge on any atom is -0.385 e. The highest BCUT2D eigenvalue weighted by Crippen LogP contribution is 2.32. The monoisotopic (exact) mass is 576 g/mol. The number of anilines is 1. The number of amides is 4. The Labute approximate surface area is 248 Å². The second-order valence-electron chi connectivity index (χ2n) is 10.7. The van der Waals surface area contributed by atoms with E-state index in [1.807, 2.05) is 72.8 Å². The molecule has 0 bridgehead atoms. The van der Waals surface area contributed by atoms with Gasteiger partial charge < -0.3 is 15.5 Å². The number of carbonyl (C=O) groups is 4. The van der Waals surface area contributed by atoms with Crippen molar-refractivity contribution in [2.45, 2.75) is 38.3 Å². The zero-order valence-corrected chi connectivity index (χ0v) is 23.6. The highest BCUT2D eigenvalue weighted by molar-refractivity contribution is 6.06. The van der Waals surface area contributed by atoms with Crippen LogP contribution >= 0.6 is 0 Å². The molecule has 4 aromatic rings. The molecular formula is C33H32N6O4. The molecule has 2 aliphatic heterocycles. The molecule has 10 heteroatoms. The highest BCUT2D eigenvalue weighted by Gasteiger charge is 2.39. The molecule has 2 aliphatic rings. The molecular weight excluding hydrogens is 544 g/mol. The minimum absolute atomic E-state index is 0.116. The number of hydrogen-bond donors (Lipinski definition) is 4. The predicted molar refractivity (Wildman–Crippen MR) is 164 cm³/mol. The number of nitrogens with one attached hydrogen (secondary N) is 4. The molecule has 1 aromatic heterocycles. The summed E-state index contributed by atoms with van der Waals surface area (Å²) in [6, 6.07) is 20.3. The second kappa shape index (κ2) is 12.3. The van der Waals surface area contributed by atoms with Crippen molar-refractivity contribution in [3.05, 3.63) is 94.7 Å². The smallest absolute Gasteiger partial charge is 0.255 e. The van der Waals surface area contributed by atoms with E-state index in [4.69, 9.17) is 0 Å². The number of aromatic nitrogens is 2. The van der Waals surface area contributed by atoms with Gasteiger partial charge in [0.25, 0.3) is 11.8 Å². The number of H-pyrrole nitrogens is 1. The Morgan fingerprint density at radius 3 is 2.60 bits per heavy atom. The molecule has 0 radical (unpaired) electrons. The lowest BCUT2D eigenvalue weighted by Gasteiger charge is -2.29. The van der Waals surface area contributed by atoms with E-state index < -0.39 is 11.9 Å². The Balaban J connectivity index is 0.945. The average Bonchev–Trinajstić information content (AvgIpc) is 3.59. The molecule has 10 nitrogen and oxygen atoms in total. The number of aromatic amines is 1. The normalized spacial score (nSPS) is 16.5. The topological polar surface area (TPSA) is 136 Å². The quantitative estimate of drug-likeness (QED) is 0.166. The van der Waals surface area contributed by atoms with Gasteiger partial charge in [0.05, 0.1) is 11.2 Å². The SMILES string of the molecule is O=C1CCC(N2Cc3c(NCCCCNC(=O)c4ccc(/C=C/c5n[nH]c6ccccc56)cc4)cccc3C2=O)C(=O)N1. The average molecular weight is 577 g/mol. The summed E-state index contributed by atoms with van der Waals surface area (Å²) in [7, 11) is 0. The molecule has 3 heterocycles. The van der Waals surface area contributed by atoms with Crippen molar-refractivity contribution in [3.63, 3.8) is 0 Å². The maximum absolute atomic E-state index is 13.0. The Kier molecular flexibility index (Phi) is 7.99. The number of piperidine rings is 1. The number of para-hydroxylation sites is 1. The Bertz CT molecular complexity index is 1730. The van der Waals surface area contributed by atoms with Crippen LogP contribution in [0.5, 0.6) is 0 Å². The fourth-order valence-corrected chi connectivity index (χ4v) is 5.56. The molecule has 0 saturated carbocycles. The van der Waals surface area contributed by atoms with Gasteiger partial charge in [0, 0.05) is 53.8 Å². The summed E-state index contributed by atoms with van der Waals surface area (Å²) < 4.78 is 0. The van der Waals surface area contributed by atoms with Gasteiger partial charge in [0.15, 0.2) is 0 Å². The summed E-state index contributed by atoms with van der Waals surface area (Å²) in [5.41, 5.74) is 5.74. The molecule has 3 aromatic carbocycles. The number of nitrogens with zero attached hydrogens (tertiary/aromatic N) is 2. The third-order valence-electron chi connectivity index (χ3n) is 7.89. The molecule has 218 valence electrons. The van der Waals surface area contributed by atoms with E-state index in [9.17, 15) is 19.2 Å². The van der Waals surface area contributed by atoms with Crippen LogP contribution in [0.2, 0.25) is 0 Å². The van der Waals surface area contributed by atoms with E-state index in [1.165, 1.54) is 0 Å². The van der Waals surface area contributed by atoms with Crippen molar-refractivity contribution >= 4 is 52.4 Å². The number of hydrogen-bond acceptors (Lipinski definition) is 6. The fourth-order valence-electron chi connectivity index (χ4n) is 5.56. The lowest BCUT2D eigenvalue weighted by molar-refractivity contribution is -0.136. The zero-order chi connectivity index (χ0) is 29.8. The van der Waals surface area contributed by atoms with Crippen molar-refractivity contribution in [2.24, 2.45) is 0 Å². The first-order valence-electron chi connectivity index (χ1n) is 14.5. The number of fused-ring (bicyclic) bond motifs is 2. The van der Waals surface area contributed by atoms with Crippen LogP contribution in [-0.4, -0.2) is 57.9 Å². The van der Waals surface area contributed by atoms with Crippen LogP contribution in [-0.2, 0) is 16.1 Å². The van der Waals surface area contributed by atoms with Crippen LogP contribution in [0.15, 0.2) is 66.7 Å². The van der Waals surface area contributed by atoms with Crippen LogP contribution in [0.3, 0.4) is 0 Å². The van der Waals surface area contributed by atoms with E-state index in [-0.39, 0.29) is 24.1 Å². The molecule has 6 rings (SSSR count). The summed E-state index contributed by atoms with van der Waals surface area (Å²) in [6.07, 6.45) is 6.10. The summed E-state index contributed by atoms with van der Waals surface area (Å²) in [4.78, 5) is 51.0. The molecule has 0 aliphatic carbocycles. The maximum Gasteiger partial charge on any atom is 0.255 e. The molecule has 1 atom stereocenters. The molecule has 4 N–H and O–H groups in total. The molecule has 43 heavy (non-hydrogen) atoms. The summed E-state index contributed by atoms with van der Waals surface area (Å²) in [5, 5.41) is 17.2. The maximum atomic E-state index is 13.0. The number of unbranched alkanes of at least 4 members (excludes halogenated alkanes) is 1. The van der Waals surface area contributed by atoms with Crippen molar-refractivity contribution in [1.82, 2.24) is 25.7 Å². The van der Waals surface area contributed by atoms with Crippen molar-refractivity contribution in [3.8, 4) is 0 Å². The van der Waals surface area contributed by atoms with Gasteiger partial charge in [-0.1, -0.05) is 42.5 Å². The van der Waals surface area contributed by atoms with Gasteiger partial charge >= 0.3 is 0 Å². The van der Waals surface area contributed by atoms with Crippen LogP contribution in [0.4, 0.5) is 5.69 Å². The van der Waals surface area contributed by atoms with Crippen molar-refractivity contribution in [2.75, 3.05) is 18.4 Å². The first-order chi connectivity index (χ1) is 21.0. The van der Waals surface area contributed by atoms with Crippen LogP contribution < -0.4 is 16.0 Å². The van der Waals surface area contributed by atoms with E-state index >= 15 is 0 Å². The van der Waals surface area contributed by atoms with E-state index in [0.29, 0.717) is 37.2 Å². The van der Waals surface area contributed by atoms with Crippen LogP contribution in [0.25, 0.3) is 23.1 Å². The molecule has 1 fully saturated rings. The van der Waals surface area contributed by atoms with E-state index in [0.717, 1.165) is 46.3 Å². The molecule has 1 saturated heterocycles. The number of benzene rings is 3. The standard InChI is InChI=1S/C33H32N6O4/c40-30-17-16-29(32(42)36-30)39-20-25-23(33(39)43)7-5-9-26(25)34-18-3-4-19-35-31(41)22-13-10-21(11-14-22)12-15-28-24-6-1-2-8-27(24)37-38-28/h1-2,5-15,29,34H,3-4,16-20H2,(H,35,41)(H,37,38)(H,36,40,42)/b15-12+. The van der Waals surface area contributed by atoms with Gasteiger partial charge in [-0.25, -0.2) is 0 Å². The summed E-state index contributed by atoms with van der Waals surface area (Å²) >= 11 is 0. The number of carbonyl (C=O) groups excluding carboxylic acids is 4. The Morgan fingerprint density at radius 1 is 0.953 bits per heavy atom. The summed E-state index contributed by atoms with van der Waals surface area (Å²) in [6.45, 7) is 1.54.